The second-order valence-corrected chi connectivity index (χ2v) is 4.67. The zero-order valence-corrected chi connectivity index (χ0v) is 11.6. The Labute approximate surface area is 121 Å². The molecule has 0 bridgehead atoms. The number of benzene rings is 1. The molecule has 2 N–H and O–H groups in total. The standard InChI is InChI=1S/C14H13ClN4O/c1-2-20-11-5-3-10(4-6-11)19-13-12(18-14(19)16)7-9(15)8-17-13/h3-8H,2H2,1H3,(H2,16,18). The first-order chi connectivity index (χ1) is 9.69. The van der Waals surface area contributed by atoms with Crippen LogP contribution in [0.4, 0.5) is 5.95 Å². The van der Waals surface area contributed by atoms with Crippen molar-refractivity contribution in [3.8, 4) is 11.4 Å². The van der Waals surface area contributed by atoms with Gasteiger partial charge in [0.15, 0.2) is 5.65 Å². The highest BCUT2D eigenvalue weighted by molar-refractivity contribution is 6.31. The summed E-state index contributed by atoms with van der Waals surface area (Å²) < 4.78 is 7.20. The number of hydrogen-bond donors (Lipinski definition) is 1. The molecule has 0 saturated heterocycles. The summed E-state index contributed by atoms with van der Waals surface area (Å²) >= 11 is 5.91. The van der Waals surface area contributed by atoms with Gasteiger partial charge >= 0.3 is 0 Å². The average molecular weight is 289 g/mol. The SMILES string of the molecule is CCOc1ccc(-n2c(N)nc3cc(Cl)cnc32)cc1. The maximum absolute atomic E-state index is 5.97. The molecule has 5 nitrogen and oxygen atoms in total. The molecule has 2 aromatic heterocycles. The van der Waals surface area contributed by atoms with Crippen molar-refractivity contribution < 1.29 is 4.74 Å². The molecule has 20 heavy (non-hydrogen) atoms. The Hall–Kier alpha value is -2.27. The van der Waals surface area contributed by atoms with E-state index in [0.29, 0.717) is 28.7 Å². The summed E-state index contributed by atoms with van der Waals surface area (Å²) in [7, 11) is 0. The first-order valence-electron chi connectivity index (χ1n) is 6.21. The number of nitrogens with two attached hydrogens (primary N) is 1. The molecule has 0 fully saturated rings. The molecular weight excluding hydrogens is 276 g/mol. The van der Waals surface area contributed by atoms with Crippen LogP contribution in [0.1, 0.15) is 6.92 Å². The van der Waals surface area contributed by atoms with E-state index >= 15 is 0 Å². The molecule has 0 unspecified atom stereocenters. The number of ether oxygens (including phenoxy) is 1. The van der Waals surface area contributed by atoms with Crippen LogP contribution in [0.15, 0.2) is 36.5 Å². The highest BCUT2D eigenvalue weighted by Gasteiger charge is 2.11. The molecule has 6 heteroatoms. The van der Waals surface area contributed by atoms with E-state index < -0.39 is 0 Å². The van der Waals surface area contributed by atoms with Gasteiger partial charge in [0.05, 0.1) is 17.3 Å². The molecule has 2 heterocycles. The highest BCUT2D eigenvalue weighted by Crippen LogP contribution is 2.24. The van der Waals surface area contributed by atoms with E-state index in [4.69, 9.17) is 22.1 Å². The number of nitrogens with zero attached hydrogens (tertiary/aromatic N) is 3. The summed E-state index contributed by atoms with van der Waals surface area (Å²) in [5.74, 6) is 1.19. The molecule has 0 saturated carbocycles. The van der Waals surface area contributed by atoms with Crippen molar-refractivity contribution in [1.29, 1.82) is 0 Å². The number of anilines is 1. The predicted molar refractivity (Wildman–Crippen MR) is 79.5 cm³/mol. The lowest BCUT2D eigenvalue weighted by molar-refractivity contribution is 0.340. The summed E-state index contributed by atoms with van der Waals surface area (Å²) in [6.45, 7) is 2.58. The van der Waals surface area contributed by atoms with E-state index in [2.05, 4.69) is 9.97 Å². The lowest BCUT2D eigenvalue weighted by Gasteiger charge is -2.07. The summed E-state index contributed by atoms with van der Waals surface area (Å²) in [6.07, 6.45) is 1.58. The number of hydrogen-bond acceptors (Lipinski definition) is 4. The van der Waals surface area contributed by atoms with Crippen molar-refractivity contribution in [2.75, 3.05) is 12.3 Å². The molecule has 0 spiro atoms. The number of halogens is 1. The van der Waals surface area contributed by atoms with Gasteiger partial charge in [-0.3, -0.25) is 4.57 Å². The van der Waals surface area contributed by atoms with Gasteiger partial charge in [-0.2, -0.15) is 0 Å². The third-order valence-electron chi connectivity index (χ3n) is 2.90. The normalized spacial score (nSPS) is 10.9. The van der Waals surface area contributed by atoms with Crippen LogP contribution in [-0.4, -0.2) is 21.1 Å². The molecule has 3 aromatic rings. The van der Waals surface area contributed by atoms with Crippen LogP contribution in [0, 0.1) is 0 Å². The van der Waals surface area contributed by atoms with Crippen LogP contribution < -0.4 is 10.5 Å². The van der Waals surface area contributed by atoms with Crippen molar-refractivity contribution >= 4 is 28.7 Å². The van der Waals surface area contributed by atoms with E-state index in [1.807, 2.05) is 31.2 Å². The number of fused-ring (bicyclic) bond motifs is 1. The highest BCUT2D eigenvalue weighted by atomic mass is 35.5. The lowest BCUT2D eigenvalue weighted by Crippen LogP contribution is -2.01. The first-order valence-corrected chi connectivity index (χ1v) is 6.59. The number of imidazole rings is 1. The van der Waals surface area contributed by atoms with Gasteiger partial charge in [0, 0.05) is 6.20 Å². The third kappa shape index (κ3) is 2.16. The average Bonchev–Trinajstić information content (AvgIpc) is 2.75. The Morgan fingerprint density at radius 1 is 1.30 bits per heavy atom. The van der Waals surface area contributed by atoms with Crippen molar-refractivity contribution in [3.05, 3.63) is 41.6 Å². The quantitative estimate of drug-likeness (QED) is 0.804. The van der Waals surface area contributed by atoms with Gasteiger partial charge in [0.2, 0.25) is 5.95 Å². The lowest BCUT2D eigenvalue weighted by atomic mass is 10.3. The van der Waals surface area contributed by atoms with Gasteiger partial charge in [-0.1, -0.05) is 11.6 Å². The molecule has 0 radical (unpaired) electrons. The largest absolute Gasteiger partial charge is 0.494 e. The van der Waals surface area contributed by atoms with E-state index in [-0.39, 0.29) is 0 Å². The molecule has 0 aliphatic heterocycles. The van der Waals surface area contributed by atoms with Crippen molar-refractivity contribution in [1.82, 2.24) is 14.5 Å². The first kappa shape index (κ1) is 12.7. The smallest absolute Gasteiger partial charge is 0.207 e. The van der Waals surface area contributed by atoms with Gasteiger partial charge in [-0.25, -0.2) is 9.97 Å². The third-order valence-corrected chi connectivity index (χ3v) is 3.10. The minimum absolute atomic E-state index is 0.374. The second-order valence-electron chi connectivity index (χ2n) is 4.23. The Balaban J connectivity index is 2.11. The number of rotatable bonds is 3. The van der Waals surface area contributed by atoms with E-state index in [0.717, 1.165) is 11.4 Å². The number of pyridine rings is 1. The van der Waals surface area contributed by atoms with Crippen LogP contribution in [-0.2, 0) is 0 Å². The van der Waals surface area contributed by atoms with Crippen LogP contribution in [0.25, 0.3) is 16.9 Å². The monoisotopic (exact) mass is 288 g/mol. The fourth-order valence-electron chi connectivity index (χ4n) is 2.07. The molecule has 3 rings (SSSR count). The summed E-state index contributed by atoms with van der Waals surface area (Å²) in [5.41, 5.74) is 8.19. The minimum atomic E-state index is 0.374. The van der Waals surface area contributed by atoms with Gasteiger partial charge in [-0.15, -0.1) is 0 Å². The zero-order valence-electron chi connectivity index (χ0n) is 10.9. The molecule has 102 valence electrons. The summed E-state index contributed by atoms with van der Waals surface area (Å²) in [6, 6.07) is 9.35. The summed E-state index contributed by atoms with van der Waals surface area (Å²) in [4.78, 5) is 8.57. The van der Waals surface area contributed by atoms with Crippen molar-refractivity contribution in [2.45, 2.75) is 6.92 Å². The van der Waals surface area contributed by atoms with Gasteiger partial charge in [0.25, 0.3) is 0 Å². The van der Waals surface area contributed by atoms with E-state index in [1.54, 1.807) is 16.8 Å². The van der Waals surface area contributed by atoms with E-state index in [9.17, 15) is 0 Å². The minimum Gasteiger partial charge on any atom is -0.494 e. The van der Waals surface area contributed by atoms with Gasteiger partial charge in [-0.05, 0) is 37.3 Å². The van der Waals surface area contributed by atoms with Crippen LogP contribution in [0.2, 0.25) is 5.02 Å². The Morgan fingerprint density at radius 2 is 2.05 bits per heavy atom. The number of nitrogen functional groups attached to an aromatic ring is 1. The van der Waals surface area contributed by atoms with Crippen LogP contribution in [0.5, 0.6) is 5.75 Å². The number of aromatic nitrogens is 3. The predicted octanol–water partition coefficient (Wildman–Crippen LogP) is 3.05. The van der Waals surface area contributed by atoms with Crippen molar-refractivity contribution in [2.24, 2.45) is 0 Å². The maximum Gasteiger partial charge on any atom is 0.207 e. The molecule has 0 aliphatic carbocycles. The topological polar surface area (TPSA) is 66.0 Å². The fraction of sp³-hybridized carbons (Fsp3) is 0.143. The molecule has 0 amide bonds. The van der Waals surface area contributed by atoms with Crippen molar-refractivity contribution in [3.63, 3.8) is 0 Å². The Morgan fingerprint density at radius 3 is 2.75 bits per heavy atom. The Kier molecular flexibility index (Phi) is 3.20. The molecule has 0 atom stereocenters. The maximum atomic E-state index is 5.97. The van der Waals surface area contributed by atoms with Gasteiger partial charge < -0.3 is 10.5 Å². The molecule has 0 aliphatic rings. The van der Waals surface area contributed by atoms with Crippen LogP contribution in [0.3, 0.4) is 0 Å². The summed E-state index contributed by atoms with van der Waals surface area (Å²) in [5, 5.41) is 0.536. The van der Waals surface area contributed by atoms with E-state index in [1.165, 1.54) is 0 Å². The fourth-order valence-corrected chi connectivity index (χ4v) is 2.22. The Bertz CT molecular complexity index is 752. The molecular formula is C14H13ClN4O. The van der Waals surface area contributed by atoms with Crippen LogP contribution >= 0.6 is 11.6 Å². The molecule has 1 aromatic carbocycles. The zero-order chi connectivity index (χ0) is 14.1. The second kappa shape index (κ2) is 5.02. The van der Waals surface area contributed by atoms with Gasteiger partial charge in [0.1, 0.15) is 11.3 Å².